The first-order valence-corrected chi connectivity index (χ1v) is 5.31. The van der Waals surface area contributed by atoms with Crippen molar-refractivity contribution in [2.75, 3.05) is 39.6 Å². The third kappa shape index (κ3) is 4.04. The fourth-order valence-corrected chi connectivity index (χ4v) is 1.40. The number of aromatic nitrogens is 2. The summed E-state index contributed by atoms with van der Waals surface area (Å²) in [6, 6.07) is 1.20. The van der Waals surface area contributed by atoms with Crippen molar-refractivity contribution in [1.29, 1.82) is 0 Å². The Labute approximate surface area is 98.8 Å². The molecule has 0 aliphatic heterocycles. The molecule has 7 nitrogen and oxygen atoms in total. The summed E-state index contributed by atoms with van der Waals surface area (Å²) < 4.78 is 6.28. The molecule has 1 heterocycles. The van der Waals surface area contributed by atoms with Crippen LogP contribution in [-0.4, -0.2) is 48.3 Å². The van der Waals surface area contributed by atoms with E-state index >= 15 is 0 Å². The molecule has 0 fully saturated rings. The van der Waals surface area contributed by atoms with Gasteiger partial charge >= 0.3 is 5.69 Å². The second-order valence-corrected chi connectivity index (χ2v) is 3.81. The molecule has 1 aromatic rings. The molecule has 1 aromatic heterocycles. The summed E-state index contributed by atoms with van der Waals surface area (Å²) >= 11 is 0. The molecular weight excluding hydrogens is 224 g/mol. The number of ether oxygens (including phenoxy) is 1. The number of aromatic amines is 1. The lowest BCUT2D eigenvalue weighted by molar-refractivity contribution is 0.159. The lowest BCUT2D eigenvalue weighted by atomic mass is 10.4. The predicted molar refractivity (Wildman–Crippen MR) is 65.1 cm³/mol. The summed E-state index contributed by atoms with van der Waals surface area (Å²) in [5, 5.41) is 0. The van der Waals surface area contributed by atoms with Crippen molar-refractivity contribution in [1.82, 2.24) is 14.5 Å². The monoisotopic (exact) mass is 242 g/mol. The number of rotatable bonds is 6. The van der Waals surface area contributed by atoms with E-state index < -0.39 is 11.2 Å². The number of hydrogen-bond donors (Lipinski definition) is 2. The molecule has 0 aliphatic carbocycles. The van der Waals surface area contributed by atoms with Gasteiger partial charge in [0.15, 0.2) is 0 Å². The van der Waals surface area contributed by atoms with Crippen LogP contribution in [0.4, 0.5) is 5.82 Å². The number of nitrogens with zero attached hydrogens (tertiary/aromatic N) is 2. The molecule has 0 bridgehead atoms. The second-order valence-electron chi connectivity index (χ2n) is 3.81. The number of H-pyrrole nitrogens is 1. The zero-order chi connectivity index (χ0) is 12.8. The molecule has 3 N–H and O–H groups in total. The van der Waals surface area contributed by atoms with Gasteiger partial charge in [0.25, 0.3) is 5.56 Å². The molecule has 17 heavy (non-hydrogen) atoms. The summed E-state index contributed by atoms with van der Waals surface area (Å²) in [4.78, 5) is 26.6. The van der Waals surface area contributed by atoms with Gasteiger partial charge in [-0.15, -0.1) is 0 Å². The van der Waals surface area contributed by atoms with Gasteiger partial charge in [-0.3, -0.25) is 14.3 Å². The SMILES string of the molecule is COCCN(C)CCn1c(N)cc(=O)[nH]c1=O. The predicted octanol–water partition coefficient (Wildman–Crippen LogP) is -1.30. The standard InChI is InChI=1S/C10H18N4O3/c1-13(5-6-17-2)3-4-14-8(11)7-9(15)12-10(14)16/h7H,3-6,11H2,1-2H3,(H,12,15,16). The van der Waals surface area contributed by atoms with Gasteiger partial charge in [-0.1, -0.05) is 0 Å². The highest BCUT2D eigenvalue weighted by Gasteiger charge is 2.04. The zero-order valence-electron chi connectivity index (χ0n) is 10.1. The minimum atomic E-state index is -0.477. The van der Waals surface area contributed by atoms with Crippen LogP contribution in [0.25, 0.3) is 0 Å². The second kappa shape index (κ2) is 6.21. The highest BCUT2D eigenvalue weighted by molar-refractivity contribution is 5.25. The topological polar surface area (TPSA) is 93.3 Å². The molecule has 7 heteroatoms. The lowest BCUT2D eigenvalue weighted by Gasteiger charge is -2.17. The Morgan fingerprint density at radius 1 is 1.47 bits per heavy atom. The minimum Gasteiger partial charge on any atom is -0.385 e. The van der Waals surface area contributed by atoms with E-state index in [4.69, 9.17) is 10.5 Å². The largest absolute Gasteiger partial charge is 0.385 e. The van der Waals surface area contributed by atoms with E-state index in [0.29, 0.717) is 19.7 Å². The molecule has 0 saturated heterocycles. The van der Waals surface area contributed by atoms with E-state index in [2.05, 4.69) is 4.98 Å². The molecule has 1 rings (SSSR count). The van der Waals surface area contributed by atoms with Crippen LogP contribution in [0.1, 0.15) is 0 Å². The maximum absolute atomic E-state index is 11.5. The maximum Gasteiger partial charge on any atom is 0.329 e. The van der Waals surface area contributed by atoms with E-state index in [0.717, 1.165) is 6.54 Å². The number of likely N-dealkylation sites (N-methyl/N-ethyl adjacent to an activating group) is 1. The van der Waals surface area contributed by atoms with Crippen molar-refractivity contribution in [3.63, 3.8) is 0 Å². The van der Waals surface area contributed by atoms with Gasteiger partial charge < -0.3 is 15.4 Å². The zero-order valence-corrected chi connectivity index (χ0v) is 10.1. The first kappa shape index (κ1) is 13.5. The molecule has 0 spiro atoms. The summed E-state index contributed by atoms with van der Waals surface area (Å²) in [6.07, 6.45) is 0. The van der Waals surface area contributed by atoms with E-state index in [9.17, 15) is 9.59 Å². The summed E-state index contributed by atoms with van der Waals surface area (Å²) in [5.41, 5.74) is 4.66. The highest BCUT2D eigenvalue weighted by atomic mass is 16.5. The molecule has 0 saturated carbocycles. The quantitative estimate of drug-likeness (QED) is 0.646. The number of nitrogen functional groups attached to an aromatic ring is 1. The van der Waals surface area contributed by atoms with Crippen LogP contribution in [0, 0.1) is 0 Å². The van der Waals surface area contributed by atoms with Gasteiger partial charge in [0, 0.05) is 32.8 Å². The number of anilines is 1. The van der Waals surface area contributed by atoms with Gasteiger partial charge in [0.2, 0.25) is 0 Å². The number of hydrogen-bond acceptors (Lipinski definition) is 5. The Morgan fingerprint density at radius 2 is 2.18 bits per heavy atom. The first-order chi connectivity index (χ1) is 8.04. The first-order valence-electron chi connectivity index (χ1n) is 5.31. The fraction of sp³-hybridized carbons (Fsp3) is 0.600. The summed E-state index contributed by atoms with van der Waals surface area (Å²) in [7, 11) is 3.56. The van der Waals surface area contributed by atoms with Crippen LogP contribution in [-0.2, 0) is 11.3 Å². The Morgan fingerprint density at radius 3 is 2.76 bits per heavy atom. The van der Waals surface area contributed by atoms with Crippen molar-refractivity contribution < 1.29 is 4.74 Å². The Balaban J connectivity index is 2.64. The van der Waals surface area contributed by atoms with Crippen molar-refractivity contribution in [2.24, 2.45) is 0 Å². The molecule has 0 unspecified atom stereocenters. The maximum atomic E-state index is 11.5. The Kier molecular flexibility index (Phi) is 4.92. The normalized spacial score (nSPS) is 11.0. The van der Waals surface area contributed by atoms with Gasteiger partial charge in [-0.05, 0) is 7.05 Å². The molecular formula is C10H18N4O3. The van der Waals surface area contributed by atoms with Gasteiger partial charge in [0.1, 0.15) is 5.82 Å². The molecule has 0 radical (unpaired) electrons. The number of nitrogens with one attached hydrogen (secondary N) is 1. The van der Waals surface area contributed by atoms with E-state index in [-0.39, 0.29) is 5.82 Å². The lowest BCUT2D eigenvalue weighted by Crippen LogP contribution is -2.35. The average Bonchev–Trinajstić information content (AvgIpc) is 2.24. The van der Waals surface area contributed by atoms with Crippen molar-refractivity contribution in [3.05, 3.63) is 26.9 Å². The van der Waals surface area contributed by atoms with Crippen LogP contribution < -0.4 is 17.0 Å². The van der Waals surface area contributed by atoms with Crippen LogP contribution in [0.3, 0.4) is 0 Å². The number of methoxy groups -OCH3 is 1. The van der Waals surface area contributed by atoms with E-state index in [1.165, 1.54) is 10.6 Å². The van der Waals surface area contributed by atoms with Crippen molar-refractivity contribution in [2.45, 2.75) is 6.54 Å². The van der Waals surface area contributed by atoms with Gasteiger partial charge in [-0.2, -0.15) is 0 Å². The van der Waals surface area contributed by atoms with Crippen LogP contribution in [0.2, 0.25) is 0 Å². The van der Waals surface area contributed by atoms with Gasteiger partial charge in [-0.25, -0.2) is 4.79 Å². The highest BCUT2D eigenvalue weighted by Crippen LogP contribution is 1.93. The van der Waals surface area contributed by atoms with E-state index in [1.54, 1.807) is 7.11 Å². The van der Waals surface area contributed by atoms with Gasteiger partial charge in [0.05, 0.1) is 6.61 Å². The third-order valence-electron chi connectivity index (χ3n) is 2.45. The van der Waals surface area contributed by atoms with Crippen LogP contribution >= 0.6 is 0 Å². The van der Waals surface area contributed by atoms with E-state index in [1.807, 2.05) is 11.9 Å². The Hall–Kier alpha value is -1.60. The molecule has 96 valence electrons. The molecule has 0 atom stereocenters. The van der Waals surface area contributed by atoms with Crippen LogP contribution in [0.5, 0.6) is 0 Å². The molecule has 0 aromatic carbocycles. The number of nitrogens with two attached hydrogens (primary N) is 1. The summed E-state index contributed by atoms with van der Waals surface area (Å²) in [5.74, 6) is 0.180. The minimum absolute atomic E-state index is 0.180. The van der Waals surface area contributed by atoms with Crippen LogP contribution in [0.15, 0.2) is 15.7 Å². The summed E-state index contributed by atoms with van der Waals surface area (Å²) in [6.45, 7) is 2.49. The fourth-order valence-electron chi connectivity index (χ4n) is 1.40. The molecule has 0 aliphatic rings. The van der Waals surface area contributed by atoms with Crippen molar-refractivity contribution in [3.8, 4) is 0 Å². The third-order valence-corrected chi connectivity index (χ3v) is 2.45. The average molecular weight is 242 g/mol. The van der Waals surface area contributed by atoms with Crippen molar-refractivity contribution >= 4 is 5.82 Å². The smallest absolute Gasteiger partial charge is 0.329 e. The molecule has 0 amide bonds. The Bertz CT molecular complexity index is 465.